The summed E-state index contributed by atoms with van der Waals surface area (Å²) in [6.45, 7) is 6.43. The Bertz CT molecular complexity index is 269. The Morgan fingerprint density at radius 3 is 2.18 bits per heavy atom. The van der Waals surface area contributed by atoms with Crippen molar-refractivity contribution in [1.29, 1.82) is 0 Å². The maximum absolute atomic E-state index is 11.7. The van der Waals surface area contributed by atoms with Gasteiger partial charge in [0.05, 0.1) is 6.42 Å². The van der Waals surface area contributed by atoms with E-state index in [1.54, 1.807) is 0 Å². The van der Waals surface area contributed by atoms with Gasteiger partial charge in [-0.1, -0.05) is 20.8 Å². The van der Waals surface area contributed by atoms with E-state index >= 15 is 0 Å². The summed E-state index contributed by atoms with van der Waals surface area (Å²) in [5.74, 6) is -0.988. The maximum atomic E-state index is 11.7. The molecule has 100 valence electrons. The third-order valence-electron chi connectivity index (χ3n) is 2.55. The average molecular weight is 244 g/mol. The Morgan fingerprint density at radius 1 is 1.29 bits per heavy atom. The van der Waals surface area contributed by atoms with Gasteiger partial charge in [-0.25, -0.2) is 0 Å². The first-order valence-corrected chi connectivity index (χ1v) is 5.79. The van der Waals surface area contributed by atoms with E-state index in [4.69, 9.17) is 5.11 Å². The molecule has 1 atom stereocenters. The van der Waals surface area contributed by atoms with Gasteiger partial charge in [-0.2, -0.15) is 0 Å². The number of carbonyl (C=O) groups is 2. The first-order chi connectivity index (χ1) is 7.62. The predicted molar refractivity (Wildman–Crippen MR) is 66.8 cm³/mol. The Kier molecular flexibility index (Phi) is 6.16. The Labute approximate surface area is 103 Å². The van der Waals surface area contributed by atoms with Crippen LogP contribution in [0.15, 0.2) is 0 Å². The molecule has 0 aromatic heterocycles. The average Bonchev–Trinajstić information content (AvgIpc) is 2.11. The lowest BCUT2D eigenvalue weighted by molar-refractivity contribution is -0.138. The first-order valence-electron chi connectivity index (χ1n) is 5.79. The van der Waals surface area contributed by atoms with E-state index in [0.717, 1.165) is 0 Å². The van der Waals surface area contributed by atoms with E-state index < -0.39 is 5.97 Å². The molecule has 0 aromatic carbocycles. The quantitative estimate of drug-likeness (QED) is 0.729. The number of carboxylic acids is 1. The Hall–Kier alpha value is -1.10. The highest BCUT2D eigenvalue weighted by Gasteiger charge is 2.28. The van der Waals surface area contributed by atoms with Gasteiger partial charge in [-0.05, 0) is 19.5 Å². The standard InChI is InChI=1S/C12H24N2O3/c1-12(2,3)9(8-11(16)17)13-10(15)6-7-14(4)5/h9H,6-8H2,1-5H3,(H,13,15)(H,16,17). The van der Waals surface area contributed by atoms with Gasteiger partial charge in [0, 0.05) is 19.0 Å². The molecule has 0 aliphatic heterocycles. The summed E-state index contributed by atoms with van der Waals surface area (Å²) in [7, 11) is 3.79. The lowest BCUT2D eigenvalue weighted by Crippen LogP contribution is -2.45. The SMILES string of the molecule is CN(C)CCC(=O)NC(CC(=O)O)C(C)(C)C. The van der Waals surface area contributed by atoms with Crippen molar-refractivity contribution in [3.63, 3.8) is 0 Å². The van der Waals surface area contributed by atoms with Gasteiger partial charge in [-0.3, -0.25) is 9.59 Å². The fourth-order valence-electron chi connectivity index (χ4n) is 1.34. The van der Waals surface area contributed by atoms with E-state index in [1.165, 1.54) is 0 Å². The Morgan fingerprint density at radius 2 is 1.82 bits per heavy atom. The van der Waals surface area contributed by atoms with E-state index in [-0.39, 0.29) is 23.8 Å². The topological polar surface area (TPSA) is 69.6 Å². The summed E-state index contributed by atoms with van der Waals surface area (Å²) >= 11 is 0. The molecule has 0 saturated carbocycles. The lowest BCUT2D eigenvalue weighted by atomic mass is 9.84. The fraction of sp³-hybridized carbons (Fsp3) is 0.833. The van der Waals surface area contributed by atoms with Crippen molar-refractivity contribution in [3.05, 3.63) is 0 Å². The predicted octanol–water partition coefficient (Wildman–Crippen LogP) is 0.944. The fourth-order valence-corrected chi connectivity index (χ4v) is 1.34. The van der Waals surface area contributed by atoms with Crippen LogP contribution in [0.3, 0.4) is 0 Å². The summed E-state index contributed by atoms with van der Waals surface area (Å²) in [4.78, 5) is 24.3. The van der Waals surface area contributed by atoms with Crippen LogP contribution in [-0.2, 0) is 9.59 Å². The smallest absolute Gasteiger partial charge is 0.305 e. The minimum atomic E-state index is -0.891. The largest absolute Gasteiger partial charge is 0.481 e. The molecular formula is C12H24N2O3. The van der Waals surface area contributed by atoms with E-state index in [1.807, 2.05) is 39.8 Å². The molecule has 17 heavy (non-hydrogen) atoms. The van der Waals surface area contributed by atoms with E-state index in [2.05, 4.69) is 5.32 Å². The second-order valence-electron chi connectivity index (χ2n) is 5.64. The number of carbonyl (C=O) groups excluding carboxylic acids is 1. The lowest BCUT2D eigenvalue weighted by Gasteiger charge is -2.30. The number of hydrogen-bond acceptors (Lipinski definition) is 3. The zero-order valence-electron chi connectivity index (χ0n) is 11.4. The van der Waals surface area contributed by atoms with Crippen LogP contribution < -0.4 is 5.32 Å². The summed E-state index contributed by atoms with van der Waals surface area (Å²) in [6, 6.07) is -0.338. The highest BCUT2D eigenvalue weighted by Crippen LogP contribution is 2.21. The van der Waals surface area contributed by atoms with Crippen molar-refractivity contribution < 1.29 is 14.7 Å². The third-order valence-corrected chi connectivity index (χ3v) is 2.55. The molecule has 0 fully saturated rings. The summed E-state index contributed by atoms with van der Waals surface area (Å²) < 4.78 is 0. The minimum Gasteiger partial charge on any atom is -0.481 e. The van der Waals surface area contributed by atoms with Crippen LogP contribution in [0.25, 0.3) is 0 Å². The number of hydrogen-bond donors (Lipinski definition) is 2. The summed E-state index contributed by atoms with van der Waals surface area (Å²) in [5.41, 5.74) is -0.258. The van der Waals surface area contributed by atoms with Crippen LogP contribution in [-0.4, -0.2) is 48.6 Å². The number of rotatable bonds is 6. The molecule has 0 saturated heterocycles. The molecule has 5 nitrogen and oxygen atoms in total. The highest BCUT2D eigenvalue weighted by molar-refractivity contribution is 5.77. The van der Waals surface area contributed by atoms with E-state index in [0.29, 0.717) is 13.0 Å². The van der Waals surface area contributed by atoms with Crippen LogP contribution >= 0.6 is 0 Å². The molecule has 5 heteroatoms. The Balaban J connectivity index is 4.34. The van der Waals surface area contributed by atoms with Crippen LogP contribution in [0.4, 0.5) is 0 Å². The van der Waals surface area contributed by atoms with Gasteiger partial charge in [0.2, 0.25) is 5.91 Å². The van der Waals surface area contributed by atoms with Gasteiger partial charge >= 0.3 is 5.97 Å². The first kappa shape index (κ1) is 15.9. The van der Waals surface area contributed by atoms with Crippen molar-refractivity contribution in [3.8, 4) is 0 Å². The van der Waals surface area contributed by atoms with Crippen molar-refractivity contribution in [1.82, 2.24) is 10.2 Å². The van der Waals surface area contributed by atoms with Crippen LogP contribution in [0, 0.1) is 5.41 Å². The van der Waals surface area contributed by atoms with Gasteiger partial charge in [0.15, 0.2) is 0 Å². The molecule has 0 heterocycles. The number of amides is 1. The van der Waals surface area contributed by atoms with Crippen LogP contribution in [0.1, 0.15) is 33.6 Å². The molecule has 0 aromatic rings. The zero-order valence-corrected chi connectivity index (χ0v) is 11.4. The molecule has 0 aliphatic rings. The van der Waals surface area contributed by atoms with Crippen molar-refractivity contribution in [2.24, 2.45) is 5.41 Å². The molecule has 0 rings (SSSR count). The normalized spacial score (nSPS) is 13.5. The van der Waals surface area contributed by atoms with Crippen LogP contribution in [0.5, 0.6) is 0 Å². The molecule has 0 spiro atoms. The van der Waals surface area contributed by atoms with E-state index in [9.17, 15) is 9.59 Å². The van der Waals surface area contributed by atoms with Crippen molar-refractivity contribution in [2.75, 3.05) is 20.6 Å². The van der Waals surface area contributed by atoms with Crippen LogP contribution in [0.2, 0.25) is 0 Å². The van der Waals surface area contributed by atoms with Crippen molar-refractivity contribution >= 4 is 11.9 Å². The second kappa shape index (κ2) is 6.59. The number of carboxylic acid groups (broad SMARTS) is 1. The molecular weight excluding hydrogens is 220 g/mol. The molecule has 0 aliphatic carbocycles. The molecule has 1 unspecified atom stereocenters. The number of aliphatic carboxylic acids is 1. The summed E-state index contributed by atoms with van der Waals surface area (Å²) in [6.07, 6.45) is 0.344. The minimum absolute atomic E-state index is 0.0444. The van der Waals surface area contributed by atoms with Gasteiger partial charge in [0.1, 0.15) is 0 Å². The molecule has 2 N–H and O–H groups in total. The number of nitrogens with zero attached hydrogens (tertiary/aromatic N) is 1. The van der Waals surface area contributed by atoms with Gasteiger partial charge in [0.25, 0.3) is 0 Å². The van der Waals surface area contributed by atoms with Gasteiger partial charge < -0.3 is 15.3 Å². The molecule has 1 amide bonds. The van der Waals surface area contributed by atoms with Gasteiger partial charge in [-0.15, -0.1) is 0 Å². The molecule has 0 bridgehead atoms. The monoisotopic (exact) mass is 244 g/mol. The summed E-state index contributed by atoms with van der Waals surface area (Å²) in [5, 5.41) is 11.6. The third kappa shape index (κ3) is 7.74. The highest BCUT2D eigenvalue weighted by atomic mass is 16.4. The zero-order chi connectivity index (χ0) is 13.6. The number of nitrogens with one attached hydrogen (secondary N) is 1. The van der Waals surface area contributed by atoms with Crippen molar-refractivity contribution in [2.45, 2.75) is 39.7 Å². The molecule has 0 radical (unpaired) electrons. The maximum Gasteiger partial charge on any atom is 0.305 e. The second-order valence-corrected chi connectivity index (χ2v) is 5.64.